The molecule has 5 heteroatoms. The number of aliphatic imine (C=N–C) groups is 1. The van der Waals surface area contributed by atoms with E-state index in [2.05, 4.69) is 28.9 Å². The Hall–Kier alpha value is -0.420. The van der Waals surface area contributed by atoms with Crippen LogP contribution in [-0.2, 0) is 0 Å². The predicted molar refractivity (Wildman–Crippen MR) is 72.6 cm³/mol. The molecule has 1 fully saturated rings. The van der Waals surface area contributed by atoms with Gasteiger partial charge in [-0.1, -0.05) is 6.92 Å². The Morgan fingerprint density at radius 2 is 2.06 bits per heavy atom. The summed E-state index contributed by atoms with van der Waals surface area (Å²) >= 11 is 1.99. The lowest BCUT2D eigenvalue weighted by Crippen LogP contribution is -2.47. The highest BCUT2D eigenvalue weighted by Crippen LogP contribution is 2.26. The van der Waals surface area contributed by atoms with E-state index >= 15 is 0 Å². The van der Waals surface area contributed by atoms with Crippen LogP contribution in [0.15, 0.2) is 4.99 Å². The number of hydrogen-bond donors (Lipinski definition) is 3. The summed E-state index contributed by atoms with van der Waals surface area (Å²) in [5, 5.41) is 4.24. The molecule has 0 radical (unpaired) electrons. The molecule has 1 aliphatic rings. The molecule has 0 unspecified atom stereocenters. The average Bonchev–Trinajstić information content (AvgIpc) is 2.35. The highest BCUT2D eigenvalue weighted by molar-refractivity contribution is 7.99. The molecule has 1 rings (SSSR count). The van der Waals surface area contributed by atoms with Gasteiger partial charge in [-0.25, -0.2) is 5.84 Å². The first-order valence-corrected chi connectivity index (χ1v) is 7.39. The maximum atomic E-state index is 5.44. The van der Waals surface area contributed by atoms with Gasteiger partial charge in [0.15, 0.2) is 0 Å². The molecule has 1 aliphatic carbocycles. The zero-order chi connectivity index (χ0) is 11.8. The van der Waals surface area contributed by atoms with Crippen LogP contribution >= 0.6 is 11.8 Å². The van der Waals surface area contributed by atoms with Crippen LogP contribution in [0.1, 0.15) is 39.0 Å². The van der Waals surface area contributed by atoms with Gasteiger partial charge in [0, 0.05) is 17.8 Å². The van der Waals surface area contributed by atoms with Gasteiger partial charge in [0.2, 0.25) is 5.96 Å². The second-order valence-electron chi connectivity index (χ2n) is 4.23. The molecule has 4 N–H and O–H groups in total. The van der Waals surface area contributed by atoms with E-state index in [1.165, 1.54) is 25.7 Å². The van der Waals surface area contributed by atoms with Gasteiger partial charge in [0.05, 0.1) is 0 Å². The third-order valence-corrected chi connectivity index (χ3v) is 4.12. The van der Waals surface area contributed by atoms with Gasteiger partial charge < -0.3 is 5.32 Å². The molecule has 0 saturated heterocycles. The van der Waals surface area contributed by atoms with Gasteiger partial charge >= 0.3 is 0 Å². The smallest absolute Gasteiger partial charge is 0.205 e. The van der Waals surface area contributed by atoms with Gasteiger partial charge in [-0.15, -0.1) is 0 Å². The van der Waals surface area contributed by atoms with Gasteiger partial charge in [-0.2, -0.15) is 11.8 Å². The third kappa shape index (κ3) is 4.61. The molecule has 0 aromatic heterocycles. The molecule has 0 aromatic carbocycles. The topological polar surface area (TPSA) is 62.4 Å². The summed E-state index contributed by atoms with van der Waals surface area (Å²) in [4.78, 5) is 4.36. The van der Waals surface area contributed by atoms with Crippen molar-refractivity contribution >= 4 is 17.7 Å². The molecule has 0 spiro atoms. The number of nitrogens with one attached hydrogen (secondary N) is 2. The Kier molecular flexibility index (Phi) is 6.64. The second-order valence-corrected chi connectivity index (χ2v) is 5.37. The molecular formula is C11H24N4S. The number of guanidine groups is 1. The number of hydrogen-bond acceptors (Lipinski definition) is 3. The summed E-state index contributed by atoms with van der Waals surface area (Å²) in [6.07, 6.45) is 8.28. The lowest BCUT2D eigenvalue weighted by Gasteiger charge is -2.28. The molecule has 16 heavy (non-hydrogen) atoms. The van der Waals surface area contributed by atoms with Gasteiger partial charge in [0.1, 0.15) is 0 Å². The number of rotatable bonds is 4. The van der Waals surface area contributed by atoms with Crippen LogP contribution in [0.3, 0.4) is 0 Å². The highest BCUT2D eigenvalue weighted by Gasteiger charge is 2.20. The van der Waals surface area contributed by atoms with Crippen molar-refractivity contribution in [2.24, 2.45) is 10.8 Å². The van der Waals surface area contributed by atoms with E-state index in [4.69, 9.17) is 5.84 Å². The normalized spacial score (nSPS) is 26.6. The number of nitrogens with zero attached hydrogens (tertiary/aromatic N) is 1. The van der Waals surface area contributed by atoms with Crippen molar-refractivity contribution < 1.29 is 0 Å². The minimum Gasteiger partial charge on any atom is -0.353 e. The van der Waals surface area contributed by atoms with Crippen molar-refractivity contribution in [3.05, 3.63) is 0 Å². The van der Waals surface area contributed by atoms with Gasteiger partial charge in [-0.05, 0) is 38.4 Å². The molecule has 0 heterocycles. The zero-order valence-corrected chi connectivity index (χ0v) is 11.1. The van der Waals surface area contributed by atoms with Crippen LogP contribution in [0.2, 0.25) is 0 Å². The molecule has 4 nitrogen and oxygen atoms in total. The first-order valence-electron chi connectivity index (χ1n) is 6.10. The fourth-order valence-corrected chi connectivity index (χ4v) is 2.74. The summed E-state index contributed by atoms with van der Waals surface area (Å²) in [6.45, 7) is 2.94. The number of hydrazine groups is 1. The quantitative estimate of drug-likeness (QED) is 0.303. The molecule has 0 aromatic rings. The van der Waals surface area contributed by atoms with Gasteiger partial charge in [-0.3, -0.25) is 10.4 Å². The SMILES string of the molecule is CCCN=C(NN)NC1CCC(SC)CC1. The Morgan fingerprint density at radius 3 is 2.56 bits per heavy atom. The maximum absolute atomic E-state index is 5.44. The maximum Gasteiger partial charge on any atom is 0.205 e. The van der Waals surface area contributed by atoms with E-state index in [-0.39, 0.29) is 0 Å². The van der Waals surface area contributed by atoms with Crippen LogP contribution in [0, 0.1) is 0 Å². The minimum absolute atomic E-state index is 0.537. The minimum atomic E-state index is 0.537. The van der Waals surface area contributed by atoms with E-state index in [1.54, 1.807) is 0 Å². The molecule has 0 bridgehead atoms. The van der Waals surface area contributed by atoms with Crippen molar-refractivity contribution in [1.29, 1.82) is 0 Å². The van der Waals surface area contributed by atoms with E-state index in [0.29, 0.717) is 6.04 Å². The Bertz CT molecular complexity index is 212. The largest absolute Gasteiger partial charge is 0.353 e. The summed E-state index contributed by atoms with van der Waals surface area (Å²) < 4.78 is 0. The summed E-state index contributed by atoms with van der Waals surface area (Å²) in [7, 11) is 0. The molecule has 0 aliphatic heterocycles. The van der Waals surface area contributed by atoms with Crippen LogP contribution in [0.25, 0.3) is 0 Å². The Balaban J connectivity index is 2.31. The summed E-state index contributed by atoms with van der Waals surface area (Å²) in [5.74, 6) is 6.18. The number of nitrogens with two attached hydrogens (primary N) is 1. The standard InChI is InChI=1S/C11H24N4S/c1-3-8-13-11(15-12)14-9-4-6-10(16-2)7-5-9/h9-10H,3-8,12H2,1-2H3,(H2,13,14,15). The Morgan fingerprint density at radius 1 is 1.38 bits per heavy atom. The van der Waals surface area contributed by atoms with E-state index in [1.807, 2.05) is 11.8 Å². The van der Waals surface area contributed by atoms with Crippen molar-refractivity contribution in [2.75, 3.05) is 12.8 Å². The van der Waals surface area contributed by atoms with Crippen LogP contribution in [0.5, 0.6) is 0 Å². The molecular weight excluding hydrogens is 220 g/mol. The van der Waals surface area contributed by atoms with Crippen molar-refractivity contribution in [1.82, 2.24) is 10.7 Å². The predicted octanol–water partition coefficient (Wildman–Crippen LogP) is 1.48. The molecule has 0 amide bonds. The third-order valence-electron chi connectivity index (χ3n) is 2.98. The molecule has 94 valence electrons. The fraction of sp³-hybridized carbons (Fsp3) is 0.909. The van der Waals surface area contributed by atoms with E-state index in [9.17, 15) is 0 Å². The second kappa shape index (κ2) is 7.79. The zero-order valence-electron chi connectivity index (χ0n) is 10.3. The van der Waals surface area contributed by atoms with Crippen LogP contribution in [-0.4, -0.2) is 30.1 Å². The van der Waals surface area contributed by atoms with E-state index < -0.39 is 0 Å². The first kappa shape index (κ1) is 13.6. The van der Waals surface area contributed by atoms with Crippen LogP contribution in [0.4, 0.5) is 0 Å². The summed E-state index contributed by atoms with van der Waals surface area (Å²) in [6, 6.07) is 0.537. The molecule has 0 atom stereocenters. The first-order chi connectivity index (χ1) is 7.80. The average molecular weight is 244 g/mol. The summed E-state index contributed by atoms with van der Waals surface area (Å²) in [5.41, 5.74) is 2.64. The Labute approximate surface area is 103 Å². The van der Waals surface area contributed by atoms with Crippen molar-refractivity contribution in [3.63, 3.8) is 0 Å². The van der Waals surface area contributed by atoms with Crippen molar-refractivity contribution in [2.45, 2.75) is 50.3 Å². The lowest BCUT2D eigenvalue weighted by molar-refractivity contribution is 0.418. The monoisotopic (exact) mass is 244 g/mol. The van der Waals surface area contributed by atoms with Crippen LogP contribution < -0.4 is 16.6 Å². The highest BCUT2D eigenvalue weighted by atomic mass is 32.2. The fourth-order valence-electron chi connectivity index (χ4n) is 1.99. The molecule has 1 saturated carbocycles. The number of thioether (sulfide) groups is 1. The van der Waals surface area contributed by atoms with Crippen molar-refractivity contribution in [3.8, 4) is 0 Å². The van der Waals surface area contributed by atoms with Gasteiger partial charge in [0.25, 0.3) is 0 Å². The lowest BCUT2D eigenvalue weighted by atomic mass is 9.95. The van der Waals surface area contributed by atoms with E-state index in [0.717, 1.165) is 24.2 Å².